The molecule has 0 aromatic heterocycles. The lowest BCUT2D eigenvalue weighted by atomic mass is 9.97. The van der Waals surface area contributed by atoms with Crippen LogP contribution in [0, 0.1) is 0 Å². The number of hydrogen-bond acceptors (Lipinski definition) is 2. The van der Waals surface area contributed by atoms with Gasteiger partial charge in [0.15, 0.2) is 0 Å². The Labute approximate surface area is 75.9 Å². The van der Waals surface area contributed by atoms with E-state index in [1.807, 2.05) is 0 Å². The quantitative estimate of drug-likeness (QED) is 0.580. The summed E-state index contributed by atoms with van der Waals surface area (Å²) in [5.74, 6) is 0. The summed E-state index contributed by atoms with van der Waals surface area (Å²) in [4.78, 5) is 0. The highest BCUT2D eigenvalue weighted by Crippen LogP contribution is 2.14. The second-order valence-corrected chi connectivity index (χ2v) is 3.86. The van der Waals surface area contributed by atoms with Crippen molar-refractivity contribution in [2.75, 3.05) is 13.1 Å². The van der Waals surface area contributed by atoms with Gasteiger partial charge in [-0.2, -0.15) is 0 Å². The molecule has 2 heteroatoms. The van der Waals surface area contributed by atoms with Crippen molar-refractivity contribution in [3.05, 3.63) is 0 Å². The van der Waals surface area contributed by atoms with E-state index in [1.165, 1.54) is 58.0 Å². The van der Waals surface area contributed by atoms with Gasteiger partial charge >= 0.3 is 0 Å². The van der Waals surface area contributed by atoms with Crippen molar-refractivity contribution in [1.82, 2.24) is 5.32 Å². The Bertz CT molecular complexity index is 86.4. The average Bonchev–Trinajstić information content (AvgIpc) is 2.62. The second-order valence-electron chi connectivity index (χ2n) is 3.86. The molecule has 0 amide bonds. The molecule has 1 heterocycles. The molecule has 72 valence electrons. The smallest absolute Gasteiger partial charge is 0.00388 e. The van der Waals surface area contributed by atoms with Gasteiger partial charge in [0.1, 0.15) is 0 Å². The van der Waals surface area contributed by atoms with E-state index in [9.17, 15) is 0 Å². The highest BCUT2D eigenvalue weighted by atomic mass is 14.9. The molecule has 2 aliphatic rings. The molecule has 1 saturated heterocycles. The fourth-order valence-corrected chi connectivity index (χ4v) is 1.76. The molecule has 1 aliphatic carbocycles. The molecule has 0 aromatic rings. The van der Waals surface area contributed by atoms with E-state index in [-0.39, 0.29) is 0 Å². The van der Waals surface area contributed by atoms with Crippen LogP contribution in [-0.4, -0.2) is 19.1 Å². The van der Waals surface area contributed by atoms with Gasteiger partial charge in [0.25, 0.3) is 0 Å². The van der Waals surface area contributed by atoms with Crippen LogP contribution in [0.5, 0.6) is 0 Å². The molecule has 3 N–H and O–H groups in total. The topological polar surface area (TPSA) is 38.0 Å². The first-order chi connectivity index (χ1) is 5.89. The molecule has 12 heavy (non-hydrogen) atoms. The number of rotatable bonds is 0. The molecule has 0 bridgehead atoms. The summed E-state index contributed by atoms with van der Waals surface area (Å²) in [6.07, 6.45) is 9.44. The highest BCUT2D eigenvalue weighted by Gasteiger charge is 2.06. The molecule has 0 aromatic carbocycles. The first-order valence-corrected chi connectivity index (χ1v) is 5.36. The van der Waals surface area contributed by atoms with Crippen molar-refractivity contribution in [2.45, 2.75) is 51.0 Å². The van der Waals surface area contributed by atoms with Crippen LogP contribution in [0.15, 0.2) is 0 Å². The third-order valence-corrected chi connectivity index (χ3v) is 2.61. The zero-order chi connectivity index (χ0) is 8.65. The van der Waals surface area contributed by atoms with E-state index in [0.29, 0.717) is 6.04 Å². The summed E-state index contributed by atoms with van der Waals surface area (Å²) in [7, 11) is 0. The van der Waals surface area contributed by atoms with Crippen molar-refractivity contribution in [2.24, 2.45) is 5.73 Å². The lowest BCUT2D eigenvalue weighted by molar-refractivity contribution is 0.441. The first kappa shape index (κ1) is 10.0. The van der Waals surface area contributed by atoms with Gasteiger partial charge < -0.3 is 11.1 Å². The van der Waals surface area contributed by atoms with E-state index < -0.39 is 0 Å². The Balaban J connectivity index is 0.000000127. The van der Waals surface area contributed by atoms with E-state index >= 15 is 0 Å². The molecular weight excluding hydrogens is 148 g/mol. The van der Waals surface area contributed by atoms with Crippen LogP contribution in [0.1, 0.15) is 44.9 Å². The fraction of sp³-hybridized carbons (Fsp3) is 1.00. The van der Waals surface area contributed by atoms with Gasteiger partial charge in [-0.05, 0) is 38.8 Å². The minimum Gasteiger partial charge on any atom is -0.328 e. The van der Waals surface area contributed by atoms with Crippen LogP contribution in [0.25, 0.3) is 0 Å². The molecule has 2 nitrogen and oxygen atoms in total. The first-order valence-electron chi connectivity index (χ1n) is 5.36. The summed E-state index contributed by atoms with van der Waals surface area (Å²) < 4.78 is 0. The second kappa shape index (κ2) is 6.44. The Morgan fingerprint density at radius 1 is 0.833 bits per heavy atom. The lowest BCUT2D eigenvalue weighted by Crippen LogP contribution is -2.22. The Morgan fingerprint density at radius 3 is 1.67 bits per heavy atom. The molecule has 0 spiro atoms. The molecule has 1 aliphatic heterocycles. The van der Waals surface area contributed by atoms with Crippen LogP contribution in [0.2, 0.25) is 0 Å². The molecule has 1 saturated carbocycles. The Kier molecular flexibility index (Phi) is 5.37. The van der Waals surface area contributed by atoms with Crippen molar-refractivity contribution in [3.63, 3.8) is 0 Å². The van der Waals surface area contributed by atoms with Crippen molar-refractivity contribution < 1.29 is 0 Å². The van der Waals surface area contributed by atoms with Gasteiger partial charge in [-0.25, -0.2) is 0 Å². The third-order valence-electron chi connectivity index (χ3n) is 2.61. The summed E-state index contributed by atoms with van der Waals surface area (Å²) in [5, 5.41) is 3.22. The Hall–Kier alpha value is -0.0800. The zero-order valence-corrected chi connectivity index (χ0v) is 8.02. The molecular formula is C10H22N2. The summed E-state index contributed by atoms with van der Waals surface area (Å²) in [6, 6.07) is 0.536. The van der Waals surface area contributed by atoms with Gasteiger partial charge in [0, 0.05) is 6.04 Å². The monoisotopic (exact) mass is 170 g/mol. The van der Waals surface area contributed by atoms with E-state index in [0.717, 1.165) is 0 Å². The minimum atomic E-state index is 0.536. The number of nitrogens with one attached hydrogen (secondary N) is 1. The van der Waals surface area contributed by atoms with Crippen LogP contribution in [-0.2, 0) is 0 Å². The Morgan fingerprint density at radius 2 is 1.42 bits per heavy atom. The predicted molar refractivity (Wildman–Crippen MR) is 53.2 cm³/mol. The molecule has 0 atom stereocenters. The predicted octanol–water partition coefficient (Wildman–Crippen LogP) is 1.65. The summed E-state index contributed by atoms with van der Waals surface area (Å²) in [6.45, 7) is 2.50. The minimum absolute atomic E-state index is 0.536. The van der Waals surface area contributed by atoms with Gasteiger partial charge in [0.2, 0.25) is 0 Å². The number of hydrogen-bond donors (Lipinski definition) is 2. The summed E-state index contributed by atoms with van der Waals surface area (Å²) in [5.41, 5.74) is 5.63. The van der Waals surface area contributed by atoms with E-state index in [1.54, 1.807) is 0 Å². The van der Waals surface area contributed by atoms with Gasteiger partial charge in [-0.1, -0.05) is 19.3 Å². The van der Waals surface area contributed by atoms with Crippen LogP contribution < -0.4 is 11.1 Å². The van der Waals surface area contributed by atoms with E-state index in [2.05, 4.69) is 5.32 Å². The van der Waals surface area contributed by atoms with Gasteiger partial charge in [0.05, 0.1) is 0 Å². The normalized spacial score (nSPS) is 24.8. The van der Waals surface area contributed by atoms with Crippen molar-refractivity contribution >= 4 is 0 Å². The maximum Gasteiger partial charge on any atom is 0.00388 e. The van der Waals surface area contributed by atoms with Crippen molar-refractivity contribution in [1.29, 1.82) is 0 Å². The lowest BCUT2D eigenvalue weighted by Gasteiger charge is -2.15. The highest BCUT2D eigenvalue weighted by molar-refractivity contribution is 4.66. The van der Waals surface area contributed by atoms with Crippen LogP contribution in [0.4, 0.5) is 0 Å². The maximum absolute atomic E-state index is 5.63. The van der Waals surface area contributed by atoms with Gasteiger partial charge in [-0.3, -0.25) is 0 Å². The standard InChI is InChI=1S/C6H13N.C4H9N/c7-6-4-2-1-3-5-6;1-2-4-5-3-1/h6H,1-5,7H2;5H,1-4H2. The summed E-state index contributed by atoms with van der Waals surface area (Å²) >= 11 is 0. The van der Waals surface area contributed by atoms with E-state index in [4.69, 9.17) is 5.73 Å². The average molecular weight is 170 g/mol. The number of nitrogens with two attached hydrogens (primary N) is 1. The largest absolute Gasteiger partial charge is 0.328 e. The molecule has 2 fully saturated rings. The molecule has 0 radical (unpaired) electrons. The molecule has 0 unspecified atom stereocenters. The van der Waals surface area contributed by atoms with Crippen LogP contribution in [0.3, 0.4) is 0 Å². The molecule has 2 rings (SSSR count). The zero-order valence-electron chi connectivity index (χ0n) is 8.02. The SMILES string of the molecule is C1CCNC1.NC1CCCCC1. The fourth-order valence-electron chi connectivity index (χ4n) is 1.76. The van der Waals surface area contributed by atoms with Crippen molar-refractivity contribution in [3.8, 4) is 0 Å². The van der Waals surface area contributed by atoms with Crippen LogP contribution >= 0.6 is 0 Å². The third kappa shape index (κ3) is 4.73. The van der Waals surface area contributed by atoms with Gasteiger partial charge in [-0.15, -0.1) is 0 Å². The maximum atomic E-state index is 5.63.